The van der Waals surface area contributed by atoms with Crippen LogP contribution in [0, 0.1) is 5.92 Å². The number of nitrogens with one attached hydrogen (secondary N) is 2. The van der Waals surface area contributed by atoms with Crippen molar-refractivity contribution < 1.29 is 19.1 Å². The molecule has 1 unspecified atom stereocenters. The molecule has 0 bridgehead atoms. The molecule has 0 aromatic rings. The SMILES string of the molecule is CCC.CCCC(CCC)(NC)C(=O)NC(C(=O)N(C)C/C=C(\C)C(=O)OCC)C(C)C. The van der Waals surface area contributed by atoms with Crippen LogP contribution in [0.3, 0.4) is 0 Å². The van der Waals surface area contributed by atoms with Crippen LogP contribution < -0.4 is 10.6 Å². The Morgan fingerprint density at radius 3 is 1.91 bits per heavy atom. The second kappa shape index (κ2) is 17.6. The van der Waals surface area contributed by atoms with Crippen molar-refractivity contribution in [2.75, 3.05) is 27.2 Å². The van der Waals surface area contributed by atoms with Crippen molar-refractivity contribution in [2.45, 2.75) is 99.1 Å². The van der Waals surface area contributed by atoms with Gasteiger partial charge in [0.15, 0.2) is 0 Å². The number of carbonyl (C=O) groups excluding carboxylic acids is 3. The number of carbonyl (C=O) groups is 3. The molecule has 0 spiro atoms. The zero-order valence-corrected chi connectivity index (χ0v) is 22.3. The van der Waals surface area contributed by atoms with Crippen LogP contribution in [-0.2, 0) is 19.1 Å². The molecule has 0 aliphatic carbocycles. The van der Waals surface area contributed by atoms with Gasteiger partial charge in [-0.3, -0.25) is 9.59 Å². The first-order valence-corrected chi connectivity index (χ1v) is 12.1. The van der Waals surface area contributed by atoms with Crippen molar-refractivity contribution in [1.29, 1.82) is 0 Å². The predicted molar refractivity (Wildman–Crippen MR) is 132 cm³/mol. The number of nitrogens with zero attached hydrogens (tertiary/aromatic N) is 1. The standard InChI is InChI=1S/C22H41N3O4.C3H8/c1-9-13-22(23-7,14-10-2)21(28)24-18(16(4)5)19(26)25(8)15-12-17(6)20(27)29-11-3;1-3-2/h12,16,18,23H,9-11,13-15H2,1-8H3,(H,24,28);3H2,1-2H3/b17-12+;. The highest BCUT2D eigenvalue weighted by molar-refractivity contribution is 5.92. The Labute approximate surface area is 196 Å². The summed E-state index contributed by atoms with van der Waals surface area (Å²) >= 11 is 0. The van der Waals surface area contributed by atoms with Crippen molar-refractivity contribution in [3.05, 3.63) is 11.6 Å². The molecule has 32 heavy (non-hydrogen) atoms. The Kier molecular flexibility index (Phi) is 17.8. The summed E-state index contributed by atoms with van der Waals surface area (Å²) in [6.45, 7) is 16.2. The Morgan fingerprint density at radius 2 is 1.53 bits per heavy atom. The fraction of sp³-hybridized carbons (Fsp3) is 0.800. The normalized spacial score (nSPS) is 12.5. The molecule has 0 aromatic carbocycles. The zero-order chi connectivity index (χ0) is 25.3. The molecule has 0 fully saturated rings. The maximum absolute atomic E-state index is 13.1. The van der Waals surface area contributed by atoms with Crippen LogP contribution in [-0.4, -0.2) is 61.5 Å². The Bertz CT molecular complexity index is 582. The second-order valence-corrected chi connectivity index (χ2v) is 8.56. The van der Waals surface area contributed by atoms with Gasteiger partial charge in [-0.15, -0.1) is 0 Å². The van der Waals surface area contributed by atoms with Gasteiger partial charge in [0.2, 0.25) is 11.8 Å². The van der Waals surface area contributed by atoms with Crippen molar-refractivity contribution in [3.8, 4) is 0 Å². The van der Waals surface area contributed by atoms with Gasteiger partial charge in [0, 0.05) is 19.2 Å². The summed E-state index contributed by atoms with van der Waals surface area (Å²) in [6.07, 6.45) is 6.07. The van der Waals surface area contributed by atoms with Crippen molar-refractivity contribution in [2.24, 2.45) is 5.92 Å². The van der Waals surface area contributed by atoms with E-state index in [-0.39, 0.29) is 30.2 Å². The lowest BCUT2D eigenvalue weighted by molar-refractivity contribution is -0.139. The van der Waals surface area contributed by atoms with Crippen molar-refractivity contribution in [3.63, 3.8) is 0 Å². The van der Waals surface area contributed by atoms with Crippen LogP contribution in [0.25, 0.3) is 0 Å². The smallest absolute Gasteiger partial charge is 0.333 e. The molecule has 0 saturated carbocycles. The third-order valence-corrected chi connectivity index (χ3v) is 5.13. The highest BCUT2D eigenvalue weighted by atomic mass is 16.5. The lowest BCUT2D eigenvalue weighted by atomic mass is 9.87. The van der Waals surface area contributed by atoms with Crippen molar-refractivity contribution in [1.82, 2.24) is 15.5 Å². The van der Waals surface area contributed by atoms with Crippen LogP contribution in [0.15, 0.2) is 11.6 Å². The summed E-state index contributed by atoms with van der Waals surface area (Å²) in [4.78, 5) is 39.4. The van der Waals surface area contributed by atoms with Gasteiger partial charge in [0.25, 0.3) is 0 Å². The number of rotatable bonds is 13. The van der Waals surface area contributed by atoms with Gasteiger partial charge in [-0.1, -0.05) is 66.9 Å². The van der Waals surface area contributed by atoms with Crippen LogP contribution in [0.4, 0.5) is 0 Å². The number of esters is 1. The summed E-state index contributed by atoms with van der Waals surface area (Å²) in [5, 5.41) is 6.18. The summed E-state index contributed by atoms with van der Waals surface area (Å²) in [5.41, 5.74) is -0.215. The molecule has 2 N–H and O–H groups in total. The lowest BCUT2D eigenvalue weighted by Crippen LogP contribution is -2.60. The van der Waals surface area contributed by atoms with E-state index in [1.807, 2.05) is 27.7 Å². The van der Waals surface area contributed by atoms with Gasteiger partial charge in [0.1, 0.15) is 6.04 Å². The number of ether oxygens (including phenoxy) is 1. The number of hydrogen-bond acceptors (Lipinski definition) is 5. The van der Waals surface area contributed by atoms with Gasteiger partial charge < -0.3 is 20.3 Å². The fourth-order valence-corrected chi connectivity index (χ4v) is 3.29. The van der Waals surface area contributed by atoms with Crippen LogP contribution in [0.2, 0.25) is 0 Å². The minimum absolute atomic E-state index is 0.0677. The first-order chi connectivity index (χ1) is 15.0. The van der Waals surface area contributed by atoms with E-state index in [4.69, 9.17) is 4.74 Å². The number of likely N-dealkylation sites (N-methyl/N-ethyl adjacent to an activating group) is 2. The highest BCUT2D eigenvalue weighted by Gasteiger charge is 2.38. The molecule has 188 valence electrons. The van der Waals surface area contributed by atoms with E-state index >= 15 is 0 Å². The first-order valence-electron chi connectivity index (χ1n) is 12.1. The first kappa shape index (κ1) is 32.3. The third kappa shape index (κ3) is 11.1. The highest BCUT2D eigenvalue weighted by Crippen LogP contribution is 2.21. The molecule has 0 aromatic heterocycles. The molecule has 0 aliphatic heterocycles. The van der Waals surface area contributed by atoms with E-state index in [0.29, 0.717) is 25.0 Å². The monoisotopic (exact) mass is 455 g/mol. The molecular formula is C25H49N3O4. The molecule has 2 amide bonds. The van der Waals surface area contributed by atoms with Crippen LogP contribution in [0.5, 0.6) is 0 Å². The minimum atomic E-state index is -0.671. The Morgan fingerprint density at radius 1 is 1.03 bits per heavy atom. The molecule has 0 aliphatic rings. The maximum Gasteiger partial charge on any atom is 0.333 e. The van der Waals surface area contributed by atoms with Crippen molar-refractivity contribution >= 4 is 17.8 Å². The number of amides is 2. The van der Waals surface area contributed by atoms with E-state index < -0.39 is 11.6 Å². The molecule has 0 rings (SSSR count). The second-order valence-electron chi connectivity index (χ2n) is 8.56. The summed E-state index contributed by atoms with van der Waals surface area (Å²) in [5.74, 6) is -0.775. The zero-order valence-electron chi connectivity index (χ0n) is 22.3. The van der Waals surface area contributed by atoms with Crippen LogP contribution in [0.1, 0.15) is 87.5 Å². The summed E-state index contributed by atoms with van der Waals surface area (Å²) in [7, 11) is 3.47. The molecule has 0 heterocycles. The van der Waals surface area contributed by atoms with Gasteiger partial charge >= 0.3 is 5.97 Å². The third-order valence-electron chi connectivity index (χ3n) is 5.13. The summed E-state index contributed by atoms with van der Waals surface area (Å²) in [6, 6.07) is -0.634. The average Bonchev–Trinajstić information content (AvgIpc) is 2.74. The van der Waals surface area contributed by atoms with E-state index in [9.17, 15) is 14.4 Å². The van der Waals surface area contributed by atoms with Gasteiger partial charge in [-0.05, 0) is 39.7 Å². The minimum Gasteiger partial charge on any atom is -0.463 e. The summed E-state index contributed by atoms with van der Waals surface area (Å²) < 4.78 is 4.96. The van der Waals surface area contributed by atoms with E-state index in [1.54, 1.807) is 34.0 Å². The Hall–Kier alpha value is -1.89. The fourth-order valence-electron chi connectivity index (χ4n) is 3.29. The molecular weight excluding hydrogens is 406 g/mol. The molecule has 0 radical (unpaired) electrons. The lowest BCUT2D eigenvalue weighted by Gasteiger charge is -2.35. The maximum atomic E-state index is 13.1. The molecule has 1 atom stereocenters. The van der Waals surface area contributed by atoms with Gasteiger partial charge in [0.05, 0.1) is 12.1 Å². The van der Waals surface area contributed by atoms with E-state index in [0.717, 1.165) is 12.8 Å². The molecule has 7 nitrogen and oxygen atoms in total. The molecule has 7 heteroatoms. The van der Waals surface area contributed by atoms with E-state index in [2.05, 4.69) is 24.5 Å². The van der Waals surface area contributed by atoms with Crippen LogP contribution >= 0.6 is 0 Å². The van der Waals surface area contributed by atoms with E-state index in [1.165, 1.54) is 11.3 Å². The van der Waals surface area contributed by atoms with Gasteiger partial charge in [-0.2, -0.15) is 0 Å². The average molecular weight is 456 g/mol. The topological polar surface area (TPSA) is 87.7 Å². The Balaban J connectivity index is 0. The largest absolute Gasteiger partial charge is 0.463 e. The quantitative estimate of drug-likeness (QED) is 0.323. The predicted octanol–water partition coefficient (Wildman–Crippen LogP) is 4.07. The molecule has 0 saturated heterocycles. The number of hydrogen-bond donors (Lipinski definition) is 2. The van der Waals surface area contributed by atoms with Gasteiger partial charge in [-0.25, -0.2) is 4.79 Å².